The van der Waals surface area contributed by atoms with E-state index in [0.717, 1.165) is 0 Å². The first-order chi connectivity index (χ1) is 9.11. The van der Waals surface area contributed by atoms with Crippen LogP contribution >= 0.6 is 11.6 Å². The van der Waals surface area contributed by atoms with Crippen LogP contribution in [0.2, 0.25) is 5.02 Å². The van der Waals surface area contributed by atoms with Gasteiger partial charge in [0.05, 0.1) is 23.1 Å². The number of carbonyl (C=O) groups is 1. The third-order valence-electron chi connectivity index (χ3n) is 2.22. The van der Waals surface area contributed by atoms with Crippen LogP contribution in [-0.4, -0.2) is 15.9 Å². The van der Waals surface area contributed by atoms with Gasteiger partial charge < -0.3 is 10.7 Å². The molecule has 6 nitrogen and oxygen atoms in total. The average molecular weight is 282 g/mol. The number of rotatable bonds is 3. The van der Waals surface area contributed by atoms with Crippen molar-refractivity contribution < 1.29 is 9.18 Å². The second-order valence-electron chi connectivity index (χ2n) is 3.48. The summed E-state index contributed by atoms with van der Waals surface area (Å²) >= 11 is 5.80. The zero-order chi connectivity index (χ0) is 13.8. The van der Waals surface area contributed by atoms with Crippen LogP contribution in [0.1, 0.15) is 10.5 Å². The van der Waals surface area contributed by atoms with Gasteiger partial charge in [-0.3, -0.25) is 9.78 Å². The van der Waals surface area contributed by atoms with E-state index >= 15 is 0 Å². The highest BCUT2D eigenvalue weighted by atomic mass is 35.5. The molecule has 0 aliphatic heterocycles. The number of halogens is 2. The highest BCUT2D eigenvalue weighted by Crippen LogP contribution is 2.24. The number of amides is 1. The van der Waals surface area contributed by atoms with Crippen molar-refractivity contribution in [3.63, 3.8) is 0 Å². The number of anilines is 2. The van der Waals surface area contributed by atoms with Crippen LogP contribution in [0.15, 0.2) is 30.6 Å². The molecule has 0 aliphatic carbocycles. The highest BCUT2D eigenvalue weighted by Gasteiger charge is 2.14. The summed E-state index contributed by atoms with van der Waals surface area (Å²) in [5.41, 5.74) is 2.13. The lowest BCUT2D eigenvalue weighted by Gasteiger charge is -2.08. The summed E-state index contributed by atoms with van der Waals surface area (Å²) < 4.78 is 13.5. The molecule has 1 aromatic heterocycles. The van der Waals surface area contributed by atoms with Crippen LogP contribution in [0.3, 0.4) is 0 Å². The summed E-state index contributed by atoms with van der Waals surface area (Å²) in [6.07, 6.45) is 2.57. The lowest BCUT2D eigenvalue weighted by molar-refractivity contribution is 0.102. The van der Waals surface area contributed by atoms with Gasteiger partial charge in [0.2, 0.25) is 0 Å². The van der Waals surface area contributed by atoms with Crippen LogP contribution in [0.25, 0.3) is 0 Å². The minimum atomic E-state index is -0.642. The number of nitrogens with one attached hydrogen (secondary N) is 2. The van der Waals surface area contributed by atoms with E-state index in [2.05, 4.69) is 20.7 Å². The Morgan fingerprint density at radius 3 is 2.84 bits per heavy atom. The molecule has 1 aromatic carbocycles. The molecule has 0 unspecified atom stereocenters. The third-order valence-corrected chi connectivity index (χ3v) is 2.53. The van der Waals surface area contributed by atoms with Gasteiger partial charge in [0, 0.05) is 0 Å². The average Bonchev–Trinajstić information content (AvgIpc) is 2.43. The number of hydrogen-bond acceptors (Lipinski definition) is 5. The number of nitrogen functional groups attached to an aromatic ring is 1. The predicted octanol–water partition coefficient (Wildman–Crippen LogP) is 1.81. The van der Waals surface area contributed by atoms with E-state index in [0.29, 0.717) is 0 Å². The van der Waals surface area contributed by atoms with E-state index < -0.39 is 11.7 Å². The van der Waals surface area contributed by atoms with Gasteiger partial charge in [-0.15, -0.1) is 0 Å². The van der Waals surface area contributed by atoms with Gasteiger partial charge in [-0.2, -0.15) is 0 Å². The molecule has 1 amide bonds. The molecule has 0 bridgehead atoms. The van der Waals surface area contributed by atoms with Gasteiger partial charge in [0.25, 0.3) is 5.91 Å². The number of nitrogens with two attached hydrogens (primary N) is 1. The lowest BCUT2D eigenvalue weighted by atomic mass is 10.3. The largest absolute Gasteiger partial charge is 0.317 e. The Morgan fingerprint density at radius 2 is 2.16 bits per heavy atom. The van der Waals surface area contributed by atoms with Crippen LogP contribution in [-0.2, 0) is 0 Å². The van der Waals surface area contributed by atoms with E-state index in [1.807, 2.05) is 0 Å². The lowest BCUT2D eigenvalue weighted by Crippen LogP contribution is -2.17. The van der Waals surface area contributed by atoms with Crippen molar-refractivity contribution in [3.05, 3.63) is 47.1 Å². The zero-order valence-electron chi connectivity index (χ0n) is 9.52. The molecule has 8 heteroatoms. The maximum Gasteiger partial charge on any atom is 0.276 e. The Morgan fingerprint density at radius 1 is 1.37 bits per heavy atom. The second kappa shape index (κ2) is 5.59. The minimum absolute atomic E-state index is 0.0187. The minimum Gasteiger partial charge on any atom is -0.317 e. The molecule has 0 aliphatic rings. The molecule has 0 radical (unpaired) electrons. The maximum absolute atomic E-state index is 13.5. The first-order valence-corrected chi connectivity index (χ1v) is 5.53. The van der Waals surface area contributed by atoms with Crippen molar-refractivity contribution in [2.45, 2.75) is 0 Å². The molecule has 2 rings (SSSR count). The molecule has 98 valence electrons. The summed E-state index contributed by atoms with van der Waals surface area (Å²) in [5, 5.41) is 2.42. The van der Waals surface area contributed by atoms with E-state index in [9.17, 15) is 9.18 Å². The molecule has 0 fully saturated rings. The standard InChI is InChI=1S/C11H9ClFN5O/c12-6-2-1-3-7(13)10(6)17-11(19)8-4-15-5-9(16-8)18-14/h1-5H,14H2,(H,16,18)(H,17,19). The van der Waals surface area contributed by atoms with Gasteiger partial charge in [-0.1, -0.05) is 17.7 Å². The van der Waals surface area contributed by atoms with Crippen molar-refractivity contribution in [2.24, 2.45) is 5.84 Å². The molecular weight excluding hydrogens is 273 g/mol. The van der Waals surface area contributed by atoms with E-state index in [-0.39, 0.29) is 22.2 Å². The van der Waals surface area contributed by atoms with Gasteiger partial charge in [0.15, 0.2) is 5.82 Å². The molecule has 19 heavy (non-hydrogen) atoms. The van der Waals surface area contributed by atoms with Gasteiger partial charge in [-0.25, -0.2) is 15.2 Å². The monoisotopic (exact) mass is 281 g/mol. The highest BCUT2D eigenvalue weighted by molar-refractivity contribution is 6.33. The topological polar surface area (TPSA) is 92.9 Å². The number of para-hydroxylation sites is 1. The van der Waals surface area contributed by atoms with E-state index in [1.165, 1.54) is 30.6 Å². The van der Waals surface area contributed by atoms with Gasteiger partial charge >= 0.3 is 0 Å². The summed E-state index contributed by atoms with van der Waals surface area (Å²) in [6.45, 7) is 0. The summed E-state index contributed by atoms with van der Waals surface area (Å²) in [6, 6.07) is 4.08. The van der Waals surface area contributed by atoms with Crippen molar-refractivity contribution in [1.82, 2.24) is 9.97 Å². The quantitative estimate of drug-likeness (QED) is 0.589. The second-order valence-corrected chi connectivity index (χ2v) is 3.89. The van der Waals surface area contributed by atoms with Crippen LogP contribution < -0.4 is 16.6 Å². The number of aromatic nitrogens is 2. The van der Waals surface area contributed by atoms with Crippen LogP contribution in [0.4, 0.5) is 15.9 Å². The molecule has 4 N–H and O–H groups in total. The van der Waals surface area contributed by atoms with Crippen LogP contribution in [0.5, 0.6) is 0 Å². The molecule has 1 heterocycles. The van der Waals surface area contributed by atoms with Crippen molar-refractivity contribution >= 4 is 29.0 Å². The molecule has 2 aromatic rings. The van der Waals surface area contributed by atoms with Crippen molar-refractivity contribution in [3.8, 4) is 0 Å². The predicted molar refractivity (Wildman–Crippen MR) is 69.2 cm³/mol. The fourth-order valence-electron chi connectivity index (χ4n) is 1.34. The van der Waals surface area contributed by atoms with E-state index in [1.54, 1.807) is 0 Å². The SMILES string of the molecule is NNc1cncc(C(=O)Nc2c(F)cccc2Cl)n1. The molecule has 0 atom stereocenters. The fourth-order valence-corrected chi connectivity index (χ4v) is 1.55. The number of benzene rings is 1. The van der Waals surface area contributed by atoms with Gasteiger partial charge in [0.1, 0.15) is 11.5 Å². The molecule has 0 saturated heterocycles. The maximum atomic E-state index is 13.5. The van der Waals surface area contributed by atoms with Crippen molar-refractivity contribution in [1.29, 1.82) is 0 Å². The van der Waals surface area contributed by atoms with E-state index in [4.69, 9.17) is 17.4 Å². The normalized spacial score (nSPS) is 10.1. The summed E-state index contributed by atoms with van der Waals surface area (Å²) in [4.78, 5) is 19.5. The summed E-state index contributed by atoms with van der Waals surface area (Å²) in [7, 11) is 0. The number of hydrazine groups is 1. The first-order valence-electron chi connectivity index (χ1n) is 5.16. The Hall–Kier alpha value is -2.25. The Kier molecular flexibility index (Phi) is 3.88. The molecular formula is C11H9ClFN5O. The summed E-state index contributed by atoms with van der Waals surface area (Å²) in [5.74, 6) is 4.09. The zero-order valence-corrected chi connectivity index (χ0v) is 10.3. The van der Waals surface area contributed by atoms with Crippen molar-refractivity contribution in [2.75, 3.05) is 10.7 Å². The van der Waals surface area contributed by atoms with Crippen LogP contribution in [0, 0.1) is 5.82 Å². The number of nitrogens with zero attached hydrogens (tertiary/aromatic N) is 2. The first kappa shape index (κ1) is 13.2. The Labute approximate surface area is 112 Å². The number of hydrogen-bond donors (Lipinski definition) is 3. The molecule has 0 saturated carbocycles. The Bertz CT molecular complexity index is 602. The third kappa shape index (κ3) is 2.95. The fraction of sp³-hybridized carbons (Fsp3) is 0. The number of carbonyl (C=O) groups excluding carboxylic acids is 1. The Balaban J connectivity index is 2.25. The smallest absolute Gasteiger partial charge is 0.276 e. The van der Waals surface area contributed by atoms with Gasteiger partial charge in [-0.05, 0) is 12.1 Å². The molecule has 0 spiro atoms.